The van der Waals surface area contributed by atoms with E-state index in [1.807, 2.05) is 0 Å². The number of nitrogens with zero attached hydrogens (tertiary/aromatic N) is 2. The van der Waals surface area contributed by atoms with Crippen molar-refractivity contribution in [2.75, 3.05) is 0 Å². The molecule has 1 aromatic carbocycles. The van der Waals surface area contributed by atoms with Crippen molar-refractivity contribution in [2.24, 2.45) is 0 Å². The number of hydrogen-bond donors (Lipinski definition) is 0. The Morgan fingerprint density at radius 3 is 2.83 bits per heavy atom. The van der Waals surface area contributed by atoms with Gasteiger partial charge in [0.15, 0.2) is 0 Å². The minimum absolute atomic E-state index is 0.0373. The predicted molar refractivity (Wildman–Crippen MR) is 111 cm³/mol. The maximum Gasteiger partial charge on any atom is 0.348 e. The van der Waals surface area contributed by atoms with Gasteiger partial charge in [-0.3, -0.25) is 9.36 Å². The molecule has 2 aromatic heterocycles. The second-order valence-corrected chi connectivity index (χ2v) is 8.69. The molecule has 0 N–H and O–H groups in total. The van der Waals surface area contributed by atoms with Gasteiger partial charge in [-0.25, -0.2) is 14.2 Å². The Kier molecular flexibility index (Phi) is 5.69. The largest absolute Gasteiger partial charge is 0.458 e. The number of aryl methyl sites for hydroxylation is 1. The zero-order valence-corrected chi connectivity index (χ0v) is 17.5. The van der Waals surface area contributed by atoms with Crippen molar-refractivity contribution >= 4 is 39.1 Å². The molecule has 4 rings (SSSR count). The zero-order chi connectivity index (χ0) is 20.5. The lowest BCUT2D eigenvalue weighted by Gasteiger charge is -2.21. The highest BCUT2D eigenvalue weighted by Gasteiger charge is 2.24. The van der Waals surface area contributed by atoms with E-state index in [4.69, 9.17) is 16.3 Å². The highest BCUT2D eigenvalue weighted by molar-refractivity contribution is 7.20. The van der Waals surface area contributed by atoms with Gasteiger partial charge in [-0.2, -0.15) is 0 Å². The van der Waals surface area contributed by atoms with Gasteiger partial charge in [0.1, 0.15) is 21.6 Å². The fourth-order valence-electron chi connectivity index (χ4n) is 3.71. The van der Waals surface area contributed by atoms with Crippen molar-refractivity contribution in [3.63, 3.8) is 0 Å². The van der Waals surface area contributed by atoms with Crippen LogP contribution in [0.4, 0.5) is 4.39 Å². The lowest BCUT2D eigenvalue weighted by Crippen LogP contribution is -2.22. The molecule has 152 valence electrons. The van der Waals surface area contributed by atoms with Gasteiger partial charge in [-0.05, 0) is 50.3 Å². The van der Waals surface area contributed by atoms with Gasteiger partial charge in [-0.15, -0.1) is 11.3 Å². The first-order valence-electron chi connectivity index (χ1n) is 9.58. The molecule has 5 nitrogen and oxygen atoms in total. The summed E-state index contributed by atoms with van der Waals surface area (Å²) in [6.07, 6.45) is 6.36. The maximum atomic E-state index is 14.1. The molecular weight excluding hydrogens is 415 g/mol. The Bertz CT molecular complexity index is 1110. The third kappa shape index (κ3) is 3.94. The number of ether oxygens (including phenoxy) is 1. The number of aromatic nitrogens is 2. The SMILES string of the molecule is Cc1c(C(=O)OC2CCCCC2)sc2ncn(Cc3c(F)cccc3Cl)c(=O)c12. The van der Waals surface area contributed by atoms with Gasteiger partial charge < -0.3 is 4.74 Å². The van der Waals surface area contributed by atoms with Crippen LogP contribution < -0.4 is 5.56 Å². The van der Waals surface area contributed by atoms with Crippen LogP contribution in [-0.4, -0.2) is 21.6 Å². The maximum absolute atomic E-state index is 14.1. The lowest BCUT2D eigenvalue weighted by molar-refractivity contribution is 0.0216. The first-order valence-corrected chi connectivity index (χ1v) is 10.8. The molecular formula is C21H20ClFN2O3S. The summed E-state index contributed by atoms with van der Waals surface area (Å²) in [7, 11) is 0. The van der Waals surface area contributed by atoms with Gasteiger partial charge in [-0.1, -0.05) is 24.1 Å². The van der Waals surface area contributed by atoms with Crippen LogP contribution in [0.15, 0.2) is 29.3 Å². The Labute approximate surface area is 176 Å². The number of halogens is 2. The molecule has 8 heteroatoms. The number of hydrogen-bond acceptors (Lipinski definition) is 5. The van der Waals surface area contributed by atoms with Crippen molar-refractivity contribution in [3.05, 3.63) is 61.7 Å². The van der Waals surface area contributed by atoms with Crippen LogP contribution in [0.25, 0.3) is 10.2 Å². The molecule has 0 amide bonds. The molecule has 0 spiro atoms. The summed E-state index contributed by atoms with van der Waals surface area (Å²) >= 11 is 7.24. The van der Waals surface area contributed by atoms with Gasteiger partial charge in [0.2, 0.25) is 0 Å². The summed E-state index contributed by atoms with van der Waals surface area (Å²) in [5, 5.41) is 0.608. The van der Waals surface area contributed by atoms with E-state index in [-0.39, 0.29) is 28.8 Å². The molecule has 3 aromatic rings. The molecule has 1 aliphatic carbocycles. The molecule has 0 atom stereocenters. The van der Waals surface area contributed by atoms with Crippen molar-refractivity contribution in [1.82, 2.24) is 9.55 Å². The lowest BCUT2D eigenvalue weighted by atomic mass is 9.98. The molecule has 0 aliphatic heterocycles. The van der Waals surface area contributed by atoms with Crippen LogP contribution in [0.2, 0.25) is 5.02 Å². The van der Waals surface area contributed by atoms with Gasteiger partial charge in [0, 0.05) is 10.6 Å². The van der Waals surface area contributed by atoms with E-state index in [1.165, 1.54) is 29.4 Å². The summed E-state index contributed by atoms with van der Waals surface area (Å²) < 4.78 is 21.1. The second kappa shape index (κ2) is 8.24. The number of carbonyl (C=O) groups excluding carboxylic acids is 1. The quantitative estimate of drug-likeness (QED) is 0.536. The average Bonchev–Trinajstić information content (AvgIpc) is 3.04. The number of benzene rings is 1. The third-order valence-electron chi connectivity index (χ3n) is 5.32. The Morgan fingerprint density at radius 2 is 2.10 bits per heavy atom. The molecule has 1 saturated carbocycles. The topological polar surface area (TPSA) is 61.2 Å². The van der Waals surface area contributed by atoms with E-state index in [2.05, 4.69) is 4.98 Å². The van der Waals surface area contributed by atoms with Crippen molar-refractivity contribution in [1.29, 1.82) is 0 Å². The number of thiophene rings is 1. The number of carbonyl (C=O) groups is 1. The van der Waals surface area contributed by atoms with Crippen LogP contribution >= 0.6 is 22.9 Å². The first kappa shape index (κ1) is 20.0. The average molecular weight is 435 g/mol. The monoisotopic (exact) mass is 434 g/mol. The molecule has 1 fully saturated rings. The summed E-state index contributed by atoms with van der Waals surface area (Å²) in [6.45, 7) is 1.68. The van der Waals surface area contributed by atoms with Gasteiger partial charge in [0.25, 0.3) is 5.56 Å². The van der Waals surface area contributed by atoms with E-state index in [1.54, 1.807) is 13.0 Å². The van der Waals surface area contributed by atoms with Crippen LogP contribution in [-0.2, 0) is 11.3 Å². The van der Waals surface area contributed by atoms with E-state index < -0.39 is 11.8 Å². The van der Waals surface area contributed by atoms with Crippen LogP contribution in [0.3, 0.4) is 0 Å². The highest BCUT2D eigenvalue weighted by atomic mass is 35.5. The molecule has 0 saturated heterocycles. The normalized spacial score (nSPS) is 15.0. The summed E-state index contributed by atoms with van der Waals surface area (Å²) in [5.74, 6) is -0.885. The summed E-state index contributed by atoms with van der Waals surface area (Å²) in [6, 6.07) is 4.39. The summed E-state index contributed by atoms with van der Waals surface area (Å²) in [4.78, 5) is 30.9. The van der Waals surface area contributed by atoms with Crippen molar-refractivity contribution in [3.8, 4) is 0 Å². The molecule has 1 aliphatic rings. The molecule has 0 radical (unpaired) electrons. The first-order chi connectivity index (χ1) is 14.0. The Morgan fingerprint density at radius 1 is 1.34 bits per heavy atom. The fraction of sp³-hybridized carbons (Fsp3) is 0.381. The van der Waals surface area contributed by atoms with Crippen molar-refractivity contribution < 1.29 is 13.9 Å². The van der Waals surface area contributed by atoms with E-state index in [0.29, 0.717) is 20.7 Å². The van der Waals surface area contributed by atoms with Crippen LogP contribution in [0, 0.1) is 12.7 Å². The van der Waals surface area contributed by atoms with Crippen LogP contribution in [0.5, 0.6) is 0 Å². The number of rotatable bonds is 4. The smallest absolute Gasteiger partial charge is 0.348 e. The van der Waals surface area contributed by atoms with Gasteiger partial charge in [0.05, 0.1) is 18.3 Å². The highest BCUT2D eigenvalue weighted by Crippen LogP contribution is 2.29. The van der Waals surface area contributed by atoms with E-state index in [9.17, 15) is 14.0 Å². The standard InChI is InChI=1S/C21H20ClFN2O3S/c1-12-17-19(29-18(12)21(27)28-13-6-3-2-4-7-13)24-11-25(20(17)26)10-14-15(22)8-5-9-16(14)23/h5,8-9,11,13H,2-4,6-7,10H2,1H3. The Balaban J connectivity index is 1.67. The second-order valence-electron chi connectivity index (χ2n) is 7.28. The summed E-state index contributed by atoms with van der Waals surface area (Å²) in [5.41, 5.74) is 0.444. The minimum Gasteiger partial charge on any atom is -0.458 e. The molecule has 0 unspecified atom stereocenters. The van der Waals surface area contributed by atoms with E-state index in [0.717, 1.165) is 37.0 Å². The third-order valence-corrected chi connectivity index (χ3v) is 6.85. The van der Waals surface area contributed by atoms with E-state index >= 15 is 0 Å². The minimum atomic E-state index is -0.483. The molecule has 2 heterocycles. The zero-order valence-electron chi connectivity index (χ0n) is 15.9. The predicted octanol–water partition coefficient (Wildman–Crippen LogP) is 5.10. The number of fused-ring (bicyclic) bond motifs is 1. The number of esters is 1. The molecule has 0 bridgehead atoms. The fourth-order valence-corrected chi connectivity index (χ4v) is 4.95. The van der Waals surface area contributed by atoms with Crippen LogP contribution in [0.1, 0.15) is 52.9 Å². The Hall–Kier alpha value is -2.25. The van der Waals surface area contributed by atoms with Crippen molar-refractivity contribution in [2.45, 2.75) is 51.7 Å². The van der Waals surface area contributed by atoms with Gasteiger partial charge >= 0.3 is 5.97 Å². The molecule has 29 heavy (non-hydrogen) atoms.